The van der Waals surface area contributed by atoms with Gasteiger partial charge in [0, 0.05) is 0 Å². The number of imide groups is 1. The molecule has 0 aliphatic rings. The fourth-order valence-electron chi connectivity index (χ4n) is 0.537. The Labute approximate surface area is 82.8 Å². The highest BCUT2D eigenvalue weighted by Crippen LogP contribution is 2.06. The Morgan fingerprint density at radius 2 is 2.00 bits per heavy atom. The van der Waals surface area contributed by atoms with E-state index < -0.39 is 17.8 Å². The van der Waals surface area contributed by atoms with Crippen LogP contribution in [-0.4, -0.2) is 24.4 Å². The molecular weight excluding hydrogens is 186 g/mol. The molecule has 14 heavy (non-hydrogen) atoms. The molecule has 0 aliphatic heterocycles. The maximum absolute atomic E-state index is 11.0. The number of nitrogens with one attached hydrogen (secondary N) is 1. The van der Waals surface area contributed by atoms with E-state index in [2.05, 4.69) is 10.7 Å². The van der Waals surface area contributed by atoms with E-state index in [-0.39, 0.29) is 6.61 Å². The van der Waals surface area contributed by atoms with Gasteiger partial charge in [-0.25, -0.2) is 14.9 Å². The second-order valence-electron chi connectivity index (χ2n) is 2.89. The van der Waals surface area contributed by atoms with Crippen molar-refractivity contribution in [3.8, 4) is 12.3 Å². The molecule has 2 amide bonds. The molecule has 0 saturated heterocycles. The van der Waals surface area contributed by atoms with Gasteiger partial charge in [-0.15, -0.1) is 6.42 Å². The summed E-state index contributed by atoms with van der Waals surface area (Å²) in [4.78, 5) is 21.7. The number of hydrogen-bond acceptors (Lipinski definition) is 4. The number of terminal acetylenes is 1. The highest BCUT2D eigenvalue weighted by molar-refractivity contribution is 5.87. The van der Waals surface area contributed by atoms with E-state index in [0.29, 0.717) is 0 Å². The summed E-state index contributed by atoms with van der Waals surface area (Å²) in [5.41, 5.74) is -1.05. The molecule has 0 aromatic carbocycles. The quantitative estimate of drug-likeness (QED) is 0.680. The number of amides is 2. The van der Waals surface area contributed by atoms with Crippen molar-refractivity contribution in [2.45, 2.75) is 26.4 Å². The van der Waals surface area contributed by atoms with Gasteiger partial charge in [-0.2, -0.15) is 0 Å². The van der Waals surface area contributed by atoms with Crippen LogP contribution in [-0.2, 0) is 9.47 Å². The zero-order valence-corrected chi connectivity index (χ0v) is 8.42. The number of hydrogen-bond donors (Lipinski definition) is 1. The van der Waals surface area contributed by atoms with Gasteiger partial charge < -0.3 is 9.47 Å². The molecule has 0 bridgehead atoms. The molecule has 1 N–H and O–H groups in total. The van der Waals surface area contributed by atoms with E-state index in [4.69, 9.17) is 11.2 Å². The molecule has 0 aromatic rings. The van der Waals surface area contributed by atoms with E-state index in [1.54, 1.807) is 6.92 Å². The molecule has 78 valence electrons. The molecule has 5 heteroatoms. The van der Waals surface area contributed by atoms with E-state index in [9.17, 15) is 9.59 Å². The second-order valence-corrected chi connectivity index (χ2v) is 2.89. The third-order valence-electron chi connectivity index (χ3n) is 1.18. The minimum atomic E-state index is -1.05. The molecule has 0 saturated carbocycles. The average Bonchev–Trinajstić information content (AvgIpc) is 2.03. The molecular formula is C9H13NO4. The smallest absolute Gasteiger partial charge is 0.418 e. The highest BCUT2D eigenvalue weighted by Gasteiger charge is 2.21. The van der Waals surface area contributed by atoms with Gasteiger partial charge in [-0.1, -0.05) is 5.92 Å². The van der Waals surface area contributed by atoms with Crippen molar-refractivity contribution in [3.63, 3.8) is 0 Å². The minimum Gasteiger partial charge on any atom is -0.449 e. The maximum Gasteiger partial charge on any atom is 0.418 e. The van der Waals surface area contributed by atoms with Crippen LogP contribution in [0.2, 0.25) is 0 Å². The molecule has 5 nitrogen and oxygen atoms in total. The zero-order valence-electron chi connectivity index (χ0n) is 8.42. The third-order valence-corrected chi connectivity index (χ3v) is 1.18. The first-order valence-electron chi connectivity index (χ1n) is 4.06. The second kappa shape index (κ2) is 5.12. The SMILES string of the molecule is C#CC(C)(C)OC(=O)NC(=O)OCC. The fourth-order valence-corrected chi connectivity index (χ4v) is 0.537. The van der Waals surface area contributed by atoms with Crippen LogP contribution >= 0.6 is 0 Å². The lowest BCUT2D eigenvalue weighted by molar-refractivity contribution is 0.0751. The predicted octanol–water partition coefficient (Wildman–Crippen LogP) is 1.28. The Morgan fingerprint density at radius 3 is 2.43 bits per heavy atom. The van der Waals surface area contributed by atoms with Gasteiger partial charge in [-0.05, 0) is 20.8 Å². The van der Waals surface area contributed by atoms with Gasteiger partial charge in [0.05, 0.1) is 6.61 Å². The van der Waals surface area contributed by atoms with Crippen LogP contribution in [0, 0.1) is 12.3 Å². The number of ether oxygens (including phenoxy) is 2. The van der Waals surface area contributed by atoms with Crippen LogP contribution in [0.25, 0.3) is 0 Å². The molecule has 0 spiro atoms. The van der Waals surface area contributed by atoms with Gasteiger partial charge in [0.1, 0.15) is 0 Å². The summed E-state index contributed by atoms with van der Waals surface area (Å²) in [6.45, 7) is 4.85. The topological polar surface area (TPSA) is 64.6 Å². The van der Waals surface area contributed by atoms with Crippen LogP contribution in [0.1, 0.15) is 20.8 Å². The van der Waals surface area contributed by atoms with E-state index in [1.807, 2.05) is 5.32 Å². The van der Waals surface area contributed by atoms with E-state index >= 15 is 0 Å². The summed E-state index contributed by atoms with van der Waals surface area (Å²) in [7, 11) is 0. The van der Waals surface area contributed by atoms with Crippen molar-refractivity contribution in [1.82, 2.24) is 5.32 Å². The Morgan fingerprint density at radius 1 is 1.43 bits per heavy atom. The summed E-state index contributed by atoms with van der Waals surface area (Å²) in [6, 6.07) is 0. The van der Waals surface area contributed by atoms with Crippen molar-refractivity contribution < 1.29 is 19.1 Å². The van der Waals surface area contributed by atoms with Gasteiger partial charge in [0.15, 0.2) is 5.60 Å². The molecule has 0 atom stereocenters. The highest BCUT2D eigenvalue weighted by atomic mass is 16.6. The molecule has 0 radical (unpaired) electrons. The monoisotopic (exact) mass is 199 g/mol. The first kappa shape index (κ1) is 12.3. The van der Waals surface area contributed by atoms with Crippen LogP contribution in [0.3, 0.4) is 0 Å². The summed E-state index contributed by atoms with van der Waals surface area (Å²) < 4.78 is 9.18. The molecule has 0 unspecified atom stereocenters. The number of alkyl carbamates (subject to hydrolysis) is 2. The predicted molar refractivity (Wildman–Crippen MR) is 49.6 cm³/mol. The van der Waals surface area contributed by atoms with E-state index in [1.165, 1.54) is 13.8 Å². The van der Waals surface area contributed by atoms with E-state index in [0.717, 1.165) is 0 Å². The number of carbonyl (C=O) groups excluding carboxylic acids is 2. The first-order valence-corrected chi connectivity index (χ1v) is 4.06. The first-order chi connectivity index (χ1) is 6.41. The Bertz CT molecular complexity index is 264. The van der Waals surface area contributed by atoms with Gasteiger partial charge in [0.2, 0.25) is 0 Å². The van der Waals surface area contributed by atoms with Gasteiger partial charge in [0.25, 0.3) is 0 Å². The average molecular weight is 199 g/mol. The van der Waals surface area contributed by atoms with Crippen molar-refractivity contribution in [2.24, 2.45) is 0 Å². The van der Waals surface area contributed by atoms with Gasteiger partial charge in [-0.3, -0.25) is 0 Å². The van der Waals surface area contributed by atoms with Crippen LogP contribution in [0.15, 0.2) is 0 Å². The Hall–Kier alpha value is -1.70. The normalized spacial score (nSPS) is 9.86. The molecule has 0 heterocycles. The molecule has 0 fully saturated rings. The summed E-state index contributed by atoms with van der Waals surface area (Å²) in [5, 5.41) is 1.85. The zero-order chi connectivity index (χ0) is 11.2. The molecule has 0 rings (SSSR count). The fraction of sp³-hybridized carbons (Fsp3) is 0.556. The largest absolute Gasteiger partial charge is 0.449 e. The maximum atomic E-state index is 11.0. The summed E-state index contributed by atoms with van der Waals surface area (Å²) in [5.74, 6) is 2.24. The van der Waals surface area contributed by atoms with Crippen molar-refractivity contribution in [3.05, 3.63) is 0 Å². The van der Waals surface area contributed by atoms with Crippen LogP contribution in [0.4, 0.5) is 9.59 Å². The minimum absolute atomic E-state index is 0.178. The lowest BCUT2D eigenvalue weighted by atomic mass is 10.2. The van der Waals surface area contributed by atoms with Gasteiger partial charge >= 0.3 is 12.2 Å². The van der Waals surface area contributed by atoms with Crippen LogP contribution in [0.5, 0.6) is 0 Å². The Kier molecular flexibility index (Phi) is 4.50. The Balaban J connectivity index is 4.01. The molecule has 0 aromatic heterocycles. The number of carbonyl (C=O) groups is 2. The van der Waals surface area contributed by atoms with Crippen molar-refractivity contribution in [1.29, 1.82) is 0 Å². The lowest BCUT2D eigenvalue weighted by Gasteiger charge is -2.17. The number of rotatable bonds is 2. The van der Waals surface area contributed by atoms with Crippen molar-refractivity contribution in [2.75, 3.05) is 6.61 Å². The van der Waals surface area contributed by atoms with Crippen molar-refractivity contribution >= 4 is 12.2 Å². The molecule has 0 aliphatic carbocycles. The standard InChI is InChI=1S/C9H13NO4/c1-5-9(3,4)14-8(12)10-7(11)13-6-2/h1H,6H2,2-4H3,(H,10,11,12). The lowest BCUT2D eigenvalue weighted by Crippen LogP contribution is -2.37. The summed E-state index contributed by atoms with van der Waals surface area (Å²) >= 11 is 0. The summed E-state index contributed by atoms with van der Waals surface area (Å²) in [6.07, 6.45) is 3.29. The third kappa shape index (κ3) is 5.04. The van der Waals surface area contributed by atoms with Crippen LogP contribution < -0.4 is 5.32 Å².